The first-order valence-electron chi connectivity index (χ1n) is 8.33. The van der Waals surface area contributed by atoms with Crippen LogP contribution in [0.3, 0.4) is 0 Å². The van der Waals surface area contributed by atoms with Gasteiger partial charge in [-0.3, -0.25) is 9.59 Å². The number of nitrogens with one attached hydrogen (secondary N) is 2. The van der Waals surface area contributed by atoms with E-state index in [9.17, 15) is 22.8 Å². The van der Waals surface area contributed by atoms with E-state index in [4.69, 9.17) is 34.8 Å². The third kappa shape index (κ3) is 4.76. The molecule has 162 valence electrons. The summed E-state index contributed by atoms with van der Waals surface area (Å²) in [5.41, 5.74) is -2.12. The third-order valence-electron chi connectivity index (χ3n) is 3.94. The van der Waals surface area contributed by atoms with Gasteiger partial charge in [0.2, 0.25) is 0 Å². The van der Waals surface area contributed by atoms with Gasteiger partial charge in [-0.15, -0.1) is 0 Å². The van der Waals surface area contributed by atoms with Crippen molar-refractivity contribution in [2.24, 2.45) is 0 Å². The summed E-state index contributed by atoms with van der Waals surface area (Å²) in [5.74, 6) is -1.87. The number of carbonyl (C=O) groups is 2. The van der Waals surface area contributed by atoms with E-state index in [2.05, 4.69) is 20.7 Å². The molecule has 0 atom stereocenters. The molecule has 0 unspecified atom stereocenters. The number of rotatable bonds is 4. The van der Waals surface area contributed by atoms with Crippen molar-refractivity contribution in [3.63, 3.8) is 0 Å². The average molecular weight is 493 g/mol. The van der Waals surface area contributed by atoms with Crippen LogP contribution < -0.4 is 10.6 Å². The number of carbonyl (C=O) groups excluding carboxylic acids is 2. The maximum absolute atomic E-state index is 13.3. The van der Waals surface area contributed by atoms with Gasteiger partial charge in [-0.05, 0) is 24.3 Å². The van der Waals surface area contributed by atoms with Crippen molar-refractivity contribution in [3.05, 3.63) is 68.5 Å². The first kappa shape index (κ1) is 22.9. The average Bonchev–Trinajstić information content (AvgIpc) is 3.15. The molecular weight excluding hydrogens is 482 g/mol. The van der Waals surface area contributed by atoms with Gasteiger partial charge in [-0.25, -0.2) is 9.67 Å². The molecule has 0 aliphatic carbocycles. The Morgan fingerprint density at radius 1 is 1.06 bits per heavy atom. The highest BCUT2D eigenvalue weighted by Crippen LogP contribution is 2.33. The van der Waals surface area contributed by atoms with Crippen molar-refractivity contribution in [3.8, 4) is 5.82 Å². The standard InChI is InChI=1S/C18H11Cl3F3N5O2/c1-25-16(30)9-5-8(19)6-11(21)14(9)27-17(31)12-7-13(18(22,23)24)28-29(12)15-10(20)3-2-4-26-15/h2-7H,1H3,(H,25,30)(H,27,31). The van der Waals surface area contributed by atoms with Gasteiger partial charge >= 0.3 is 6.18 Å². The topological polar surface area (TPSA) is 88.9 Å². The molecule has 0 spiro atoms. The van der Waals surface area contributed by atoms with Crippen LogP contribution in [0.25, 0.3) is 5.82 Å². The van der Waals surface area contributed by atoms with Crippen molar-refractivity contribution in [1.29, 1.82) is 0 Å². The van der Waals surface area contributed by atoms with E-state index >= 15 is 0 Å². The Morgan fingerprint density at radius 3 is 2.39 bits per heavy atom. The third-order valence-corrected chi connectivity index (χ3v) is 4.75. The number of pyridine rings is 1. The molecule has 7 nitrogen and oxygen atoms in total. The summed E-state index contributed by atoms with van der Waals surface area (Å²) in [6.07, 6.45) is -3.57. The first-order valence-corrected chi connectivity index (χ1v) is 9.47. The zero-order valence-corrected chi connectivity index (χ0v) is 17.7. The lowest BCUT2D eigenvalue weighted by atomic mass is 10.1. The van der Waals surface area contributed by atoms with Crippen LogP contribution in [-0.2, 0) is 6.18 Å². The number of alkyl halides is 3. The summed E-state index contributed by atoms with van der Waals surface area (Å²) >= 11 is 18.0. The number of halogens is 6. The second kappa shape index (κ2) is 8.74. The highest BCUT2D eigenvalue weighted by atomic mass is 35.5. The number of hydrogen-bond donors (Lipinski definition) is 2. The van der Waals surface area contributed by atoms with Gasteiger partial charge in [0.05, 0.1) is 21.3 Å². The van der Waals surface area contributed by atoms with Crippen molar-refractivity contribution in [2.45, 2.75) is 6.18 Å². The molecule has 0 bridgehead atoms. The zero-order valence-electron chi connectivity index (χ0n) is 15.4. The first-order chi connectivity index (χ1) is 14.5. The quantitative estimate of drug-likeness (QED) is 0.544. The molecule has 0 aliphatic rings. The van der Waals surface area contributed by atoms with Gasteiger partial charge in [-0.2, -0.15) is 18.3 Å². The van der Waals surface area contributed by atoms with Crippen LogP contribution in [-0.4, -0.2) is 33.6 Å². The van der Waals surface area contributed by atoms with Gasteiger partial charge in [0.1, 0.15) is 5.69 Å². The summed E-state index contributed by atoms with van der Waals surface area (Å²) in [7, 11) is 1.34. The zero-order chi connectivity index (χ0) is 22.9. The second-order valence-electron chi connectivity index (χ2n) is 5.98. The molecule has 2 N–H and O–H groups in total. The molecule has 31 heavy (non-hydrogen) atoms. The van der Waals surface area contributed by atoms with Crippen molar-refractivity contribution < 1.29 is 22.8 Å². The highest BCUT2D eigenvalue weighted by molar-refractivity contribution is 6.38. The minimum absolute atomic E-state index is 0.0380. The van der Waals surface area contributed by atoms with Crippen molar-refractivity contribution in [1.82, 2.24) is 20.1 Å². The van der Waals surface area contributed by atoms with Gasteiger partial charge < -0.3 is 10.6 Å². The predicted octanol–water partition coefficient (Wildman–Crippen LogP) is 4.86. The summed E-state index contributed by atoms with van der Waals surface area (Å²) in [5, 5.41) is 8.11. The number of anilines is 1. The Labute approximate surface area is 188 Å². The SMILES string of the molecule is CNC(=O)c1cc(Cl)cc(Cl)c1NC(=O)c1cc(C(F)(F)F)nn1-c1ncccc1Cl. The summed E-state index contributed by atoms with van der Waals surface area (Å²) in [6.45, 7) is 0. The largest absolute Gasteiger partial charge is 0.435 e. The normalized spacial score (nSPS) is 11.3. The number of aromatic nitrogens is 3. The van der Waals surface area contributed by atoms with E-state index in [-0.39, 0.29) is 32.1 Å². The van der Waals surface area contributed by atoms with Crippen LogP contribution in [0.15, 0.2) is 36.5 Å². The van der Waals surface area contributed by atoms with Crippen molar-refractivity contribution >= 4 is 52.3 Å². The Kier molecular flexibility index (Phi) is 6.44. The Bertz CT molecular complexity index is 1180. The Morgan fingerprint density at radius 2 is 1.77 bits per heavy atom. The Hall–Kier alpha value is -2.82. The number of hydrogen-bond acceptors (Lipinski definition) is 4. The lowest BCUT2D eigenvalue weighted by molar-refractivity contribution is -0.141. The monoisotopic (exact) mass is 491 g/mol. The molecule has 13 heteroatoms. The number of nitrogens with zero attached hydrogens (tertiary/aromatic N) is 3. The lowest BCUT2D eigenvalue weighted by Crippen LogP contribution is -2.23. The number of benzene rings is 1. The fourth-order valence-electron chi connectivity index (χ4n) is 2.57. The molecule has 0 fully saturated rings. The second-order valence-corrected chi connectivity index (χ2v) is 7.23. The van der Waals surface area contributed by atoms with Crippen LogP contribution in [0, 0.1) is 0 Å². The summed E-state index contributed by atoms with van der Waals surface area (Å²) < 4.78 is 40.4. The molecule has 1 aromatic carbocycles. The van der Waals surface area contributed by atoms with E-state index in [1.54, 1.807) is 0 Å². The van der Waals surface area contributed by atoms with E-state index < -0.39 is 29.4 Å². The molecule has 0 saturated carbocycles. The van der Waals surface area contributed by atoms with Gasteiger partial charge in [0, 0.05) is 24.3 Å². The maximum atomic E-state index is 13.3. The molecule has 2 amide bonds. The molecular formula is C18H11Cl3F3N5O2. The van der Waals surface area contributed by atoms with Crippen molar-refractivity contribution in [2.75, 3.05) is 12.4 Å². The molecule has 0 radical (unpaired) electrons. The van der Waals surface area contributed by atoms with Crippen LogP contribution in [0.5, 0.6) is 0 Å². The fraction of sp³-hybridized carbons (Fsp3) is 0.111. The van der Waals surface area contributed by atoms with E-state index in [0.29, 0.717) is 10.7 Å². The van der Waals surface area contributed by atoms with Gasteiger partial charge in [0.25, 0.3) is 11.8 Å². The smallest absolute Gasteiger partial charge is 0.355 e. The maximum Gasteiger partial charge on any atom is 0.435 e. The summed E-state index contributed by atoms with van der Waals surface area (Å²) in [4.78, 5) is 29.0. The molecule has 2 heterocycles. The fourth-order valence-corrected chi connectivity index (χ4v) is 3.31. The molecule has 3 aromatic rings. The van der Waals surface area contributed by atoms with Crippen LogP contribution in [0.4, 0.5) is 18.9 Å². The minimum Gasteiger partial charge on any atom is -0.355 e. The summed E-state index contributed by atoms with van der Waals surface area (Å²) in [6, 6.07) is 5.88. The highest BCUT2D eigenvalue weighted by Gasteiger charge is 2.36. The van der Waals surface area contributed by atoms with E-state index in [1.165, 1.54) is 37.5 Å². The molecule has 0 saturated heterocycles. The minimum atomic E-state index is -4.84. The predicted molar refractivity (Wildman–Crippen MR) is 109 cm³/mol. The van der Waals surface area contributed by atoms with Crippen LogP contribution in [0.1, 0.15) is 26.5 Å². The Balaban J connectivity index is 2.12. The van der Waals surface area contributed by atoms with E-state index in [0.717, 1.165) is 0 Å². The lowest BCUT2D eigenvalue weighted by Gasteiger charge is -2.13. The van der Waals surface area contributed by atoms with Crippen LogP contribution >= 0.6 is 34.8 Å². The molecule has 0 aliphatic heterocycles. The molecule has 2 aromatic heterocycles. The molecule has 3 rings (SSSR count). The van der Waals surface area contributed by atoms with Crippen LogP contribution in [0.2, 0.25) is 15.1 Å². The van der Waals surface area contributed by atoms with E-state index in [1.807, 2.05) is 0 Å². The number of amides is 2. The van der Waals surface area contributed by atoms with Gasteiger partial charge in [0.15, 0.2) is 11.5 Å². The van der Waals surface area contributed by atoms with Gasteiger partial charge in [-0.1, -0.05) is 34.8 Å².